The van der Waals surface area contributed by atoms with Gasteiger partial charge in [-0.25, -0.2) is 9.78 Å². The number of nitrogens with zero attached hydrogens (tertiary/aromatic N) is 3. The standard InChI is InChI=1S/C16H19IN4O3/c1-16(2,3)24-15(23)21-7-6-11(21)14(22)19-12-9-20-8-10(17)4-5-13(20)18-12/h4-5,8-9,11H,6-7H2,1-3H3,(H,19,22). The van der Waals surface area contributed by atoms with E-state index < -0.39 is 17.7 Å². The lowest BCUT2D eigenvalue weighted by Gasteiger charge is -2.39. The van der Waals surface area contributed by atoms with Crippen LogP contribution in [0.5, 0.6) is 0 Å². The maximum atomic E-state index is 12.4. The lowest BCUT2D eigenvalue weighted by Crippen LogP contribution is -2.57. The highest BCUT2D eigenvalue weighted by molar-refractivity contribution is 14.1. The number of anilines is 1. The molecule has 0 bridgehead atoms. The van der Waals surface area contributed by atoms with Crippen molar-refractivity contribution < 1.29 is 14.3 Å². The maximum Gasteiger partial charge on any atom is 0.410 e. The zero-order valence-electron chi connectivity index (χ0n) is 13.7. The molecule has 1 aliphatic rings. The van der Waals surface area contributed by atoms with Crippen molar-refractivity contribution in [3.05, 3.63) is 28.1 Å². The van der Waals surface area contributed by atoms with E-state index in [1.54, 1.807) is 27.0 Å². The van der Waals surface area contributed by atoms with Crippen LogP contribution >= 0.6 is 22.6 Å². The van der Waals surface area contributed by atoms with Gasteiger partial charge in [-0.15, -0.1) is 0 Å². The maximum absolute atomic E-state index is 12.4. The molecule has 3 heterocycles. The van der Waals surface area contributed by atoms with E-state index in [4.69, 9.17) is 4.74 Å². The Bertz CT molecular complexity index is 796. The zero-order valence-corrected chi connectivity index (χ0v) is 15.9. The Balaban J connectivity index is 1.66. The summed E-state index contributed by atoms with van der Waals surface area (Å²) in [5.74, 6) is 0.225. The van der Waals surface area contributed by atoms with Gasteiger partial charge >= 0.3 is 6.09 Å². The molecule has 2 amide bonds. The third kappa shape index (κ3) is 3.63. The molecule has 1 fully saturated rings. The molecule has 24 heavy (non-hydrogen) atoms. The molecule has 1 N–H and O–H groups in total. The Kier molecular flexibility index (Phi) is 4.41. The van der Waals surface area contributed by atoms with Gasteiger partial charge < -0.3 is 14.5 Å². The van der Waals surface area contributed by atoms with E-state index in [0.717, 1.165) is 9.22 Å². The first-order valence-corrected chi connectivity index (χ1v) is 8.75. The van der Waals surface area contributed by atoms with E-state index in [-0.39, 0.29) is 5.91 Å². The first-order chi connectivity index (χ1) is 11.2. The van der Waals surface area contributed by atoms with Gasteiger partial charge in [0, 0.05) is 16.3 Å². The van der Waals surface area contributed by atoms with Crippen LogP contribution in [0.4, 0.5) is 10.6 Å². The molecular formula is C16H19IN4O3. The molecule has 2 aromatic heterocycles. The zero-order chi connectivity index (χ0) is 17.5. The van der Waals surface area contributed by atoms with Crippen molar-refractivity contribution >= 4 is 46.1 Å². The minimum Gasteiger partial charge on any atom is -0.444 e. The smallest absolute Gasteiger partial charge is 0.410 e. The third-order valence-corrected chi connectivity index (χ3v) is 4.25. The van der Waals surface area contributed by atoms with Gasteiger partial charge in [-0.05, 0) is 61.9 Å². The molecule has 128 valence electrons. The summed E-state index contributed by atoms with van der Waals surface area (Å²) in [5.41, 5.74) is 0.176. The van der Waals surface area contributed by atoms with Crippen molar-refractivity contribution in [3.8, 4) is 0 Å². The van der Waals surface area contributed by atoms with E-state index in [1.807, 2.05) is 22.7 Å². The highest BCUT2D eigenvalue weighted by Crippen LogP contribution is 2.23. The fourth-order valence-corrected chi connectivity index (χ4v) is 2.91. The van der Waals surface area contributed by atoms with Crippen LogP contribution in [0.3, 0.4) is 0 Å². The topological polar surface area (TPSA) is 75.9 Å². The number of aromatic nitrogens is 2. The first kappa shape index (κ1) is 17.0. The van der Waals surface area contributed by atoms with Crippen molar-refractivity contribution in [1.29, 1.82) is 0 Å². The molecule has 1 atom stereocenters. The summed E-state index contributed by atoms with van der Waals surface area (Å²) >= 11 is 2.21. The molecule has 0 aliphatic carbocycles. The second kappa shape index (κ2) is 6.23. The van der Waals surface area contributed by atoms with Gasteiger partial charge in [-0.2, -0.15) is 0 Å². The van der Waals surface area contributed by atoms with Crippen molar-refractivity contribution in [3.63, 3.8) is 0 Å². The predicted octanol–water partition coefficient (Wildman–Crippen LogP) is 2.89. The van der Waals surface area contributed by atoms with Gasteiger partial charge in [0.1, 0.15) is 17.3 Å². The fraction of sp³-hybridized carbons (Fsp3) is 0.438. The van der Waals surface area contributed by atoms with Gasteiger partial charge in [0.25, 0.3) is 0 Å². The fourth-order valence-electron chi connectivity index (χ4n) is 2.43. The van der Waals surface area contributed by atoms with Crippen LogP contribution in [0, 0.1) is 3.57 Å². The van der Waals surface area contributed by atoms with Crippen molar-refractivity contribution in [1.82, 2.24) is 14.3 Å². The SMILES string of the molecule is CC(C)(C)OC(=O)N1CCC1C(=O)Nc1cn2cc(I)ccc2n1. The summed E-state index contributed by atoms with van der Waals surface area (Å²) in [6.07, 6.45) is 3.84. The molecule has 0 radical (unpaired) electrons. The summed E-state index contributed by atoms with van der Waals surface area (Å²) in [6.45, 7) is 5.93. The molecule has 1 aliphatic heterocycles. The lowest BCUT2D eigenvalue weighted by atomic mass is 10.0. The summed E-state index contributed by atoms with van der Waals surface area (Å²) in [7, 11) is 0. The minimum absolute atomic E-state index is 0.245. The quantitative estimate of drug-likeness (QED) is 0.726. The number of likely N-dealkylation sites (tertiary alicyclic amines) is 1. The Morgan fingerprint density at radius 2 is 2.08 bits per heavy atom. The molecule has 7 nitrogen and oxygen atoms in total. The Morgan fingerprint density at radius 1 is 1.33 bits per heavy atom. The molecule has 0 spiro atoms. The number of carbonyl (C=O) groups excluding carboxylic acids is 2. The second-order valence-electron chi connectivity index (χ2n) is 6.71. The molecule has 0 saturated carbocycles. The highest BCUT2D eigenvalue weighted by Gasteiger charge is 2.40. The van der Waals surface area contributed by atoms with Gasteiger partial charge in [0.05, 0.1) is 6.20 Å². The van der Waals surface area contributed by atoms with Crippen LogP contribution in [-0.2, 0) is 9.53 Å². The molecule has 3 rings (SSSR count). The van der Waals surface area contributed by atoms with Crippen LogP contribution in [0.25, 0.3) is 5.65 Å². The largest absolute Gasteiger partial charge is 0.444 e. The molecule has 1 unspecified atom stereocenters. The van der Waals surface area contributed by atoms with Crippen molar-refractivity contribution in [2.24, 2.45) is 0 Å². The Morgan fingerprint density at radius 3 is 2.71 bits per heavy atom. The Hall–Kier alpha value is -1.84. The monoisotopic (exact) mass is 442 g/mol. The third-order valence-electron chi connectivity index (χ3n) is 3.62. The molecular weight excluding hydrogens is 423 g/mol. The summed E-state index contributed by atoms with van der Waals surface area (Å²) in [4.78, 5) is 30.3. The number of pyridine rings is 1. The number of ether oxygens (including phenoxy) is 1. The molecule has 2 aromatic rings. The van der Waals surface area contributed by atoms with Crippen LogP contribution in [-0.4, -0.2) is 44.5 Å². The number of imidazole rings is 1. The van der Waals surface area contributed by atoms with E-state index in [0.29, 0.717) is 18.8 Å². The van der Waals surface area contributed by atoms with Gasteiger partial charge in [-0.1, -0.05) is 0 Å². The summed E-state index contributed by atoms with van der Waals surface area (Å²) in [5, 5.41) is 2.78. The van der Waals surface area contributed by atoms with Gasteiger partial charge in [0.15, 0.2) is 5.82 Å². The number of fused-ring (bicyclic) bond motifs is 1. The van der Waals surface area contributed by atoms with E-state index in [9.17, 15) is 9.59 Å². The number of hydrogen-bond donors (Lipinski definition) is 1. The van der Waals surface area contributed by atoms with E-state index >= 15 is 0 Å². The average molecular weight is 442 g/mol. The predicted molar refractivity (Wildman–Crippen MR) is 97.9 cm³/mol. The number of halogens is 1. The second-order valence-corrected chi connectivity index (χ2v) is 7.95. The average Bonchev–Trinajstić information content (AvgIpc) is 2.75. The number of nitrogens with one attached hydrogen (secondary N) is 1. The van der Waals surface area contributed by atoms with Crippen LogP contribution in [0.15, 0.2) is 24.5 Å². The minimum atomic E-state index is -0.577. The molecule has 0 aromatic carbocycles. The van der Waals surface area contributed by atoms with Crippen molar-refractivity contribution in [2.45, 2.75) is 38.8 Å². The number of amides is 2. The van der Waals surface area contributed by atoms with E-state index in [2.05, 4.69) is 32.9 Å². The van der Waals surface area contributed by atoms with E-state index in [1.165, 1.54) is 4.90 Å². The number of rotatable bonds is 2. The summed E-state index contributed by atoms with van der Waals surface area (Å²) in [6, 6.07) is 3.32. The molecule has 8 heteroatoms. The number of carbonyl (C=O) groups is 2. The summed E-state index contributed by atoms with van der Waals surface area (Å²) < 4.78 is 8.25. The van der Waals surface area contributed by atoms with Crippen LogP contribution in [0.2, 0.25) is 0 Å². The first-order valence-electron chi connectivity index (χ1n) is 7.68. The van der Waals surface area contributed by atoms with Crippen LogP contribution in [0.1, 0.15) is 27.2 Å². The lowest BCUT2D eigenvalue weighted by molar-refractivity contribution is -0.125. The molecule has 1 saturated heterocycles. The van der Waals surface area contributed by atoms with Gasteiger partial charge in [0.2, 0.25) is 5.91 Å². The van der Waals surface area contributed by atoms with Crippen LogP contribution < -0.4 is 5.32 Å². The van der Waals surface area contributed by atoms with Gasteiger partial charge in [-0.3, -0.25) is 9.69 Å². The van der Waals surface area contributed by atoms with Crippen molar-refractivity contribution in [2.75, 3.05) is 11.9 Å². The Labute approximate surface area is 153 Å². The highest BCUT2D eigenvalue weighted by atomic mass is 127. The normalized spacial score (nSPS) is 17.5. The number of hydrogen-bond acceptors (Lipinski definition) is 4.